The Balaban J connectivity index is 0.956. The van der Waals surface area contributed by atoms with Crippen LogP contribution in [-0.2, 0) is 30.3 Å². The first kappa shape index (κ1) is 37.9. The van der Waals surface area contributed by atoms with Crippen LogP contribution in [0, 0.1) is 35.1 Å². The van der Waals surface area contributed by atoms with E-state index in [1.807, 2.05) is 0 Å². The lowest BCUT2D eigenvalue weighted by molar-refractivity contribution is -0.110. The van der Waals surface area contributed by atoms with Gasteiger partial charge < -0.3 is 9.47 Å². The zero-order chi connectivity index (χ0) is 42.4. The predicted octanol–water partition coefficient (Wildman–Crippen LogP) is 10.6. The molecule has 2 aromatic carbocycles. The summed E-state index contributed by atoms with van der Waals surface area (Å²) in [5, 5.41) is 0.845. The summed E-state index contributed by atoms with van der Waals surface area (Å²) in [6.45, 7) is 0. The van der Waals surface area contributed by atoms with Crippen molar-refractivity contribution in [2.75, 3.05) is 0 Å². The number of rotatable bonds is 2. The van der Waals surface area contributed by atoms with E-state index < -0.39 is 68.7 Å². The van der Waals surface area contributed by atoms with Crippen molar-refractivity contribution < 1.29 is 46.2 Å². The minimum Gasteiger partial charge on any atom is -0.481 e. The number of ketones is 4. The van der Waals surface area contributed by atoms with Gasteiger partial charge in [-0.3, -0.25) is 19.2 Å². The molecular weight excluding hydrogens is 841 g/mol. The van der Waals surface area contributed by atoms with Gasteiger partial charge in [-0.25, -0.2) is 27.5 Å². The number of hydrogen-bond donors (Lipinski definition) is 0. The molecule has 62 heavy (non-hydrogen) atoms. The first-order chi connectivity index (χ1) is 29.9. The molecule has 0 N–H and O–H groups in total. The van der Waals surface area contributed by atoms with Gasteiger partial charge in [0.05, 0.1) is 20.9 Å². The molecule has 8 aliphatic rings. The number of benzene rings is 2. The van der Waals surface area contributed by atoms with Crippen molar-refractivity contribution in [2.24, 2.45) is 11.8 Å². The molecule has 0 saturated heterocycles. The van der Waals surface area contributed by atoms with Gasteiger partial charge >= 0.3 is 0 Å². The number of allylic oxidation sites excluding steroid dienone is 8. The number of halogens is 4. The molecule has 2 atom stereocenters. The Hall–Kier alpha value is -5.86. The Kier molecular flexibility index (Phi) is 8.14. The van der Waals surface area contributed by atoms with Crippen LogP contribution in [-0.4, -0.2) is 33.1 Å². The standard InChI is InChI=1S/C48H32F4N2O6S2/c49-23-15-25-27(39(55)41(57)37(25)31(51)17-23)19-35-53-45-43(61-35)29-11-22-14-34-30(12-21(22)13-33(29)59-47(45)7-3-1-4-8-47)44-46(48(60-34)9-5-2-6-10-48)54-36(62-44)20-28-26-16-24(50)18-32(52)38(26)42(58)40(28)56/h11-22H,1-10H2/b27-19-,28-20-. The van der Waals surface area contributed by atoms with E-state index >= 15 is 0 Å². The van der Waals surface area contributed by atoms with Crippen molar-refractivity contribution in [3.8, 4) is 0 Å². The smallest absolute Gasteiger partial charge is 0.237 e. The summed E-state index contributed by atoms with van der Waals surface area (Å²) >= 11 is 2.70. The number of thiazole rings is 2. The molecule has 0 radical (unpaired) electrons. The van der Waals surface area contributed by atoms with E-state index in [1.165, 1.54) is 34.8 Å². The van der Waals surface area contributed by atoms with Crippen LogP contribution in [0.3, 0.4) is 0 Å². The maximum absolute atomic E-state index is 14.7. The van der Waals surface area contributed by atoms with E-state index in [0.29, 0.717) is 33.7 Å². The van der Waals surface area contributed by atoms with Crippen LogP contribution in [0.25, 0.3) is 34.4 Å². The highest BCUT2D eigenvalue weighted by molar-refractivity contribution is 7.14. The molecule has 14 heteroatoms. The lowest BCUT2D eigenvalue weighted by atomic mass is 9.73. The molecule has 2 fully saturated rings. The quantitative estimate of drug-likeness (QED) is 0.111. The molecule has 2 aromatic heterocycles. The molecule has 2 aliphatic heterocycles. The summed E-state index contributed by atoms with van der Waals surface area (Å²) < 4.78 is 72.3. The fraction of sp³-hybridized carbons (Fsp3) is 0.292. The molecule has 4 aromatic rings. The summed E-state index contributed by atoms with van der Waals surface area (Å²) in [7, 11) is 0. The summed E-state index contributed by atoms with van der Waals surface area (Å²) in [6, 6.07) is 3.22. The minimum atomic E-state index is -1.08. The monoisotopic (exact) mass is 872 g/mol. The van der Waals surface area contributed by atoms with Gasteiger partial charge in [0.1, 0.15) is 56.2 Å². The number of fused-ring (bicyclic) bond motifs is 11. The first-order valence-corrected chi connectivity index (χ1v) is 22.4. The van der Waals surface area contributed by atoms with Crippen LogP contribution >= 0.6 is 22.7 Å². The van der Waals surface area contributed by atoms with Gasteiger partial charge in [0.25, 0.3) is 0 Å². The third-order valence-corrected chi connectivity index (χ3v) is 15.6. The molecule has 2 saturated carbocycles. The van der Waals surface area contributed by atoms with Gasteiger partial charge in [0.15, 0.2) is 11.2 Å². The summed E-state index contributed by atoms with van der Waals surface area (Å²) in [6.07, 6.45) is 20.1. The number of nitrogens with zero attached hydrogens (tertiary/aromatic N) is 2. The first-order valence-electron chi connectivity index (χ1n) is 20.8. The summed E-state index contributed by atoms with van der Waals surface area (Å²) in [5.41, 5.74) is 0.502. The topological polar surface area (TPSA) is 113 Å². The Morgan fingerprint density at radius 1 is 0.548 bits per heavy atom. The molecule has 2 unspecified atom stereocenters. The van der Waals surface area contributed by atoms with Gasteiger partial charge in [-0.05, 0) is 87.8 Å². The Labute approximate surface area is 359 Å². The van der Waals surface area contributed by atoms with Gasteiger partial charge in [0.2, 0.25) is 23.1 Å². The molecular formula is C48H32F4N2O6S2. The summed E-state index contributed by atoms with van der Waals surface area (Å²) in [5.74, 6) is -6.68. The lowest BCUT2D eigenvalue weighted by Gasteiger charge is -2.45. The van der Waals surface area contributed by atoms with Crippen molar-refractivity contribution in [3.63, 3.8) is 0 Å². The van der Waals surface area contributed by atoms with Crippen molar-refractivity contribution in [1.82, 2.24) is 9.97 Å². The van der Waals surface area contributed by atoms with Crippen LogP contribution in [0.2, 0.25) is 0 Å². The fourth-order valence-corrected chi connectivity index (χ4v) is 12.9. The van der Waals surface area contributed by atoms with Crippen molar-refractivity contribution in [1.29, 1.82) is 0 Å². The third-order valence-electron chi connectivity index (χ3n) is 13.5. The SMILES string of the molecule is O=C1C(=O)c2c(F)cc(F)cc2/C1=C/c1nc2c(s1)C1=CC3C=C4OC5(CCCCC5)c5nc(/C=C6\C(=O)C(=O)c7c(F)cc(F)cc76)sc5C4=CC3C=C1OC21CCCCC1. The largest absolute Gasteiger partial charge is 0.481 e. The average molecular weight is 873 g/mol. The highest BCUT2D eigenvalue weighted by Crippen LogP contribution is 2.58. The second-order valence-corrected chi connectivity index (χ2v) is 19.3. The molecule has 8 nitrogen and oxygen atoms in total. The third kappa shape index (κ3) is 5.41. The number of Topliss-reactive ketones (excluding diaryl/α,β-unsaturated/α-hetero) is 4. The highest BCUT2D eigenvalue weighted by atomic mass is 32.1. The van der Waals surface area contributed by atoms with Gasteiger partial charge in [-0.2, -0.15) is 0 Å². The second kappa shape index (κ2) is 13.3. The number of hydrogen-bond acceptors (Lipinski definition) is 10. The van der Waals surface area contributed by atoms with E-state index in [1.54, 1.807) is 0 Å². The van der Waals surface area contributed by atoms with Crippen LogP contribution in [0.1, 0.15) is 127 Å². The summed E-state index contributed by atoms with van der Waals surface area (Å²) in [4.78, 5) is 63.8. The zero-order valence-electron chi connectivity index (χ0n) is 32.7. The zero-order valence-corrected chi connectivity index (χ0v) is 34.3. The Morgan fingerprint density at radius 2 is 0.952 bits per heavy atom. The van der Waals surface area contributed by atoms with E-state index in [9.17, 15) is 36.7 Å². The predicted molar refractivity (Wildman–Crippen MR) is 222 cm³/mol. The van der Waals surface area contributed by atoms with E-state index in [4.69, 9.17) is 19.4 Å². The van der Waals surface area contributed by atoms with E-state index in [2.05, 4.69) is 24.3 Å². The number of carbonyl (C=O) groups is 4. The Morgan fingerprint density at radius 3 is 1.35 bits per heavy atom. The maximum atomic E-state index is 14.7. The maximum Gasteiger partial charge on any atom is 0.237 e. The van der Waals surface area contributed by atoms with Crippen molar-refractivity contribution in [2.45, 2.75) is 75.4 Å². The number of aromatic nitrogens is 2. The van der Waals surface area contributed by atoms with Crippen LogP contribution in [0.5, 0.6) is 0 Å². The average Bonchev–Trinajstić information content (AvgIpc) is 3.99. The Bertz CT molecular complexity index is 2820. The molecule has 2 spiro atoms. The molecule has 4 heterocycles. The second-order valence-electron chi connectivity index (χ2n) is 17.2. The van der Waals surface area contributed by atoms with Crippen LogP contribution in [0.15, 0.2) is 60.1 Å². The fourth-order valence-electron chi connectivity index (χ4n) is 10.7. The van der Waals surface area contributed by atoms with Crippen LogP contribution in [0.4, 0.5) is 17.6 Å². The normalized spacial score (nSPS) is 24.9. The molecule has 0 bridgehead atoms. The molecule has 12 rings (SSSR count). The highest BCUT2D eigenvalue weighted by Gasteiger charge is 2.50. The number of carbonyl (C=O) groups excluding carboxylic acids is 4. The van der Waals surface area contributed by atoms with E-state index in [-0.39, 0.29) is 34.1 Å². The van der Waals surface area contributed by atoms with Crippen LogP contribution < -0.4 is 0 Å². The van der Waals surface area contributed by atoms with Gasteiger partial charge in [-0.15, -0.1) is 22.7 Å². The minimum absolute atomic E-state index is 0.0830. The molecule has 310 valence electrons. The number of ether oxygens (including phenoxy) is 2. The lowest BCUT2D eigenvalue weighted by Crippen LogP contribution is -2.38. The van der Waals surface area contributed by atoms with Gasteiger partial charge in [0, 0.05) is 57.4 Å². The molecule has 0 amide bonds. The van der Waals surface area contributed by atoms with Gasteiger partial charge in [-0.1, -0.05) is 25.0 Å². The molecule has 6 aliphatic carbocycles. The van der Waals surface area contributed by atoms with E-state index in [0.717, 1.165) is 109 Å². The van der Waals surface area contributed by atoms with Crippen molar-refractivity contribution >= 4 is 80.3 Å². The van der Waals surface area contributed by atoms with Crippen molar-refractivity contribution in [3.05, 3.63) is 137 Å².